The van der Waals surface area contributed by atoms with E-state index in [4.69, 9.17) is 0 Å². The number of rotatable bonds is 5. The van der Waals surface area contributed by atoms with Crippen molar-refractivity contribution in [3.05, 3.63) is 17.5 Å². The smallest absolute Gasteiger partial charge is 0.225 e. The van der Waals surface area contributed by atoms with Crippen LogP contribution in [0.3, 0.4) is 0 Å². The first-order chi connectivity index (χ1) is 10.2. The van der Waals surface area contributed by atoms with Gasteiger partial charge < -0.3 is 10.2 Å². The Morgan fingerprint density at radius 3 is 2.67 bits per heavy atom. The Labute approximate surface area is 126 Å². The van der Waals surface area contributed by atoms with E-state index in [1.165, 1.54) is 11.3 Å². The first-order valence-corrected chi connectivity index (χ1v) is 8.21. The molecule has 1 aromatic heterocycles. The molecular formula is C16H26N4O. The molecule has 1 N–H and O–H groups in total. The maximum absolute atomic E-state index is 12.0. The van der Waals surface area contributed by atoms with Gasteiger partial charge in [-0.3, -0.25) is 9.48 Å². The molecule has 116 valence electrons. The number of hydrogen-bond donors (Lipinski definition) is 1. The number of likely N-dealkylation sites (tertiary alicyclic amines) is 1. The molecular weight excluding hydrogens is 264 g/mol. The fraction of sp³-hybridized carbons (Fsp3) is 0.750. The summed E-state index contributed by atoms with van der Waals surface area (Å²) in [5.74, 6) is 0.756. The Morgan fingerprint density at radius 1 is 1.33 bits per heavy atom. The van der Waals surface area contributed by atoms with Crippen LogP contribution in [0.25, 0.3) is 0 Å². The molecule has 3 rings (SSSR count). The van der Waals surface area contributed by atoms with Crippen LogP contribution in [-0.4, -0.2) is 39.7 Å². The lowest BCUT2D eigenvalue weighted by Gasteiger charge is -2.32. The molecule has 0 aromatic carbocycles. The summed E-state index contributed by atoms with van der Waals surface area (Å²) < 4.78 is 1.90. The molecule has 1 aromatic rings. The van der Waals surface area contributed by atoms with E-state index in [2.05, 4.69) is 28.4 Å². The van der Waals surface area contributed by atoms with Crippen LogP contribution in [0.5, 0.6) is 0 Å². The molecule has 0 unspecified atom stereocenters. The molecule has 2 heterocycles. The lowest BCUT2D eigenvalue weighted by Crippen LogP contribution is -2.45. The minimum atomic E-state index is 0.358. The van der Waals surface area contributed by atoms with Gasteiger partial charge in [0.1, 0.15) is 0 Å². The molecule has 1 aliphatic heterocycles. The zero-order valence-corrected chi connectivity index (χ0v) is 13.1. The predicted molar refractivity (Wildman–Crippen MR) is 81.8 cm³/mol. The molecule has 5 heteroatoms. The van der Waals surface area contributed by atoms with Gasteiger partial charge in [0.15, 0.2) is 0 Å². The summed E-state index contributed by atoms with van der Waals surface area (Å²) in [5.41, 5.74) is 2.49. The maximum atomic E-state index is 12.0. The zero-order valence-electron chi connectivity index (χ0n) is 13.1. The van der Waals surface area contributed by atoms with E-state index in [9.17, 15) is 4.79 Å². The Morgan fingerprint density at radius 2 is 2.05 bits per heavy atom. The molecule has 1 saturated heterocycles. The van der Waals surface area contributed by atoms with Gasteiger partial charge in [0, 0.05) is 50.4 Å². The van der Waals surface area contributed by atoms with Crippen molar-refractivity contribution in [2.24, 2.45) is 13.0 Å². The van der Waals surface area contributed by atoms with Gasteiger partial charge in [0.2, 0.25) is 5.91 Å². The van der Waals surface area contributed by atoms with Crippen LogP contribution in [0.15, 0.2) is 6.20 Å². The average Bonchev–Trinajstić information content (AvgIpc) is 3.28. The van der Waals surface area contributed by atoms with Crippen molar-refractivity contribution in [1.29, 1.82) is 0 Å². The van der Waals surface area contributed by atoms with E-state index >= 15 is 0 Å². The second-order valence-electron chi connectivity index (χ2n) is 6.38. The highest BCUT2D eigenvalue weighted by atomic mass is 16.2. The monoisotopic (exact) mass is 290 g/mol. The third-order valence-electron chi connectivity index (χ3n) is 4.64. The second-order valence-corrected chi connectivity index (χ2v) is 6.38. The van der Waals surface area contributed by atoms with Crippen LogP contribution in [-0.2, 0) is 24.8 Å². The molecule has 5 nitrogen and oxygen atoms in total. The van der Waals surface area contributed by atoms with Crippen molar-refractivity contribution < 1.29 is 4.79 Å². The maximum Gasteiger partial charge on any atom is 0.225 e. The number of aromatic nitrogens is 2. The van der Waals surface area contributed by atoms with Gasteiger partial charge in [-0.25, -0.2) is 0 Å². The summed E-state index contributed by atoms with van der Waals surface area (Å²) in [5, 5.41) is 8.12. The Bertz CT molecular complexity index is 498. The van der Waals surface area contributed by atoms with Crippen LogP contribution >= 0.6 is 0 Å². The SMILES string of the molecule is CCc1nn(C)cc1CNC1CCN(C(=O)C2CC2)CC1. The first kappa shape index (κ1) is 14.6. The molecule has 0 radical (unpaired) electrons. The van der Waals surface area contributed by atoms with Crippen LogP contribution < -0.4 is 5.32 Å². The van der Waals surface area contributed by atoms with Crippen LogP contribution in [0.4, 0.5) is 0 Å². The second kappa shape index (κ2) is 6.18. The number of nitrogens with one attached hydrogen (secondary N) is 1. The standard InChI is InChI=1S/C16H26N4O/c1-3-15-13(11-19(2)18-15)10-17-14-6-8-20(9-7-14)16(21)12-4-5-12/h11-12,14,17H,3-10H2,1-2H3. The van der Waals surface area contributed by atoms with E-state index in [0.29, 0.717) is 17.9 Å². The predicted octanol–water partition coefficient (Wildman–Crippen LogP) is 1.47. The fourth-order valence-corrected chi connectivity index (χ4v) is 3.18. The Balaban J connectivity index is 1.45. The molecule has 1 saturated carbocycles. The fourth-order valence-electron chi connectivity index (χ4n) is 3.18. The number of hydrogen-bond acceptors (Lipinski definition) is 3. The van der Waals surface area contributed by atoms with Crippen molar-refractivity contribution >= 4 is 5.91 Å². The topological polar surface area (TPSA) is 50.2 Å². The molecule has 1 aliphatic carbocycles. The van der Waals surface area contributed by atoms with E-state index in [0.717, 1.165) is 51.7 Å². The number of nitrogens with zero attached hydrogens (tertiary/aromatic N) is 3. The minimum Gasteiger partial charge on any atom is -0.342 e. The third kappa shape index (κ3) is 3.46. The van der Waals surface area contributed by atoms with Crippen molar-refractivity contribution in [3.63, 3.8) is 0 Å². The summed E-state index contributed by atoms with van der Waals surface area (Å²) in [6, 6.07) is 0.526. The third-order valence-corrected chi connectivity index (χ3v) is 4.64. The molecule has 2 aliphatic rings. The molecule has 2 fully saturated rings. The Kier molecular flexibility index (Phi) is 4.29. The highest BCUT2D eigenvalue weighted by molar-refractivity contribution is 5.81. The van der Waals surface area contributed by atoms with Crippen molar-refractivity contribution in [2.45, 2.75) is 51.6 Å². The number of piperidine rings is 1. The quantitative estimate of drug-likeness (QED) is 0.893. The highest BCUT2D eigenvalue weighted by Crippen LogP contribution is 2.31. The molecule has 1 amide bonds. The van der Waals surface area contributed by atoms with Gasteiger partial charge in [0.05, 0.1) is 5.69 Å². The first-order valence-electron chi connectivity index (χ1n) is 8.21. The van der Waals surface area contributed by atoms with Gasteiger partial charge in [-0.15, -0.1) is 0 Å². The molecule has 0 bridgehead atoms. The molecule has 0 spiro atoms. The zero-order chi connectivity index (χ0) is 14.8. The molecule has 0 atom stereocenters. The van der Waals surface area contributed by atoms with Crippen LogP contribution in [0, 0.1) is 5.92 Å². The number of carbonyl (C=O) groups is 1. The van der Waals surface area contributed by atoms with Gasteiger partial charge in [-0.1, -0.05) is 6.92 Å². The Hall–Kier alpha value is -1.36. The summed E-state index contributed by atoms with van der Waals surface area (Å²) in [7, 11) is 1.98. The normalized spacial score (nSPS) is 20.0. The minimum absolute atomic E-state index is 0.358. The summed E-state index contributed by atoms with van der Waals surface area (Å²) in [4.78, 5) is 14.1. The van der Waals surface area contributed by atoms with Gasteiger partial charge in [-0.2, -0.15) is 5.10 Å². The van der Waals surface area contributed by atoms with Crippen LogP contribution in [0.1, 0.15) is 43.9 Å². The van der Waals surface area contributed by atoms with Crippen molar-refractivity contribution in [2.75, 3.05) is 13.1 Å². The summed E-state index contributed by atoms with van der Waals surface area (Å²) in [6.45, 7) is 4.87. The molecule has 21 heavy (non-hydrogen) atoms. The van der Waals surface area contributed by atoms with Crippen molar-refractivity contribution in [1.82, 2.24) is 20.0 Å². The number of amides is 1. The summed E-state index contributed by atoms with van der Waals surface area (Å²) >= 11 is 0. The largest absolute Gasteiger partial charge is 0.342 e. The van der Waals surface area contributed by atoms with Gasteiger partial charge >= 0.3 is 0 Å². The lowest BCUT2D eigenvalue weighted by atomic mass is 10.0. The van der Waals surface area contributed by atoms with Gasteiger partial charge in [0.25, 0.3) is 0 Å². The van der Waals surface area contributed by atoms with E-state index in [-0.39, 0.29) is 0 Å². The average molecular weight is 290 g/mol. The highest BCUT2D eigenvalue weighted by Gasteiger charge is 2.34. The van der Waals surface area contributed by atoms with Gasteiger partial charge in [-0.05, 0) is 32.1 Å². The summed E-state index contributed by atoms with van der Waals surface area (Å²) in [6.07, 6.45) is 7.44. The van der Waals surface area contributed by atoms with E-state index in [1.54, 1.807) is 0 Å². The van der Waals surface area contributed by atoms with E-state index < -0.39 is 0 Å². The van der Waals surface area contributed by atoms with E-state index in [1.807, 2.05) is 11.7 Å². The lowest BCUT2D eigenvalue weighted by molar-refractivity contribution is -0.133. The number of aryl methyl sites for hydroxylation is 2. The number of carbonyl (C=O) groups excluding carboxylic acids is 1. The van der Waals surface area contributed by atoms with Crippen molar-refractivity contribution in [3.8, 4) is 0 Å². The van der Waals surface area contributed by atoms with Crippen LogP contribution in [0.2, 0.25) is 0 Å².